The van der Waals surface area contributed by atoms with E-state index >= 15 is 0 Å². The quantitative estimate of drug-likeness (QED) is 0.442. The van der Waals surface area contributed by atoms with Gasteiger partial charge in [-0.05, 0) is 54.4 Å². The summed E-state index contributed by atoms with van der Waals surface area (Å²) >= 11 is 7.31. The molecule has 3 aromatic rings. The van der Waals surface area contributed by atoms with E-state index in [1.165, 1.54) is 23.5 Å². The van der Waals surface area contributed by atoms with Crippen LogP contribution in [0.15, 0.2) is 42.5 Å². The number of primary amides is 1. The maximum atomic E-state index is 12.2. The minimum absolute atomic E-state index is 0.0417. The van der Waals surface area contributed by atoms with Gasteiger partial charge >= 0.3 is 6.36 Å². The van der Waals surface area contributed by atoms with Crippen LogP contribution in [0, 0.1) is 6.92 Å². The number of nitrogens with two attached hydrogens (primary N) is 1. The molecule has 0 unspecified atom stereocenters. The van der Waals surface area contributed by atoms with Crippen molar-refractivity contribution in [1.82, 2.24) is 10.3 Å². The molecule has 0 saturated carbocycles. The number of carbonyl (C=O) groups is 2. The Labute approximate surface area is 201 Å². The summed E-state index contributed by atoms with van der Waals surface area (Å²) in [5, 5.41) is 3.66. The highest BCUT2D eigenvalue weighted by Gasteiger charge is 2.31. The number of aryl methyl sites for hydroxylation is 1. The number of carbonyl (C=O) groups excluding carboxylic acids is 2. The minimum atomic E-state index is -4.79. The number of rotatable bonds is 9. The molecule has 0 aliphatic carbocycles. The molecule has 0 atom stereocenters. The molecule has 0 bridgehead atoms. The summed E-state index contributed by atoms with van der Waals surface area (Å²) in [6, 6.07) is 10.1. The van der Waals surface area contributed by atoms with Crippen LogP contribution >= 0.6 is 22.9 Å². The lowest BCUT2D eigenvalue weighted by molar-refractivity contribution is -0.274. The molecule has 2 aromatic carbocycles. The topological polar surface area (TPSA) is 104 Å². The highest BCUT2D eigenvalue weighted by molar-refractivity contribution is 7.12. The monoisotopic (exact) mass is 513 g/mol. The van der Waals surface area contributed by atoms with Crippen molar-refractivity contribution in [3.05, 3.63) is 74.2 Å². The van der Waals surface area contributed by atoms with Crippen molar-refractivity contribution >= 4 is 34.8 Å². The molecule has 0 spiro atoms. The van der Waals surface area contributed by atoms with Gasteiger partial charge < -0.3 is 20.5 Å². The zero-order valence-corrected chi connectivity index (χ0v) is 19.3. The van der Waals surface area contributed by atoms with Gasteiger partial charge in [-0.2, -0.15) is 0 Å². The Bertz CT molecular complexity index is 1180. The minimum Gasteiger partial charge on any atom is -0.484 e. The first-order valence-corrected chi connectivity index (χ1v) is 11.0. The number of hydrogen-bond donors (Lipinski definition) is 2. The third-order valence-corrected chi connectivity index (χ3v) is 5.79. The second-order valence-corrected chi connectivity index (χ2v) is 8.68. The van der Waals surface area contributed by atoms with Gasteiger partial charge in [-0.15, -0.1) is 24.5 Å². The van der Waals surface area contributed by atoms with Crippen molar-refractivity contribution < 1.29 is 32.2 Å². The van der Waals surface area contributed by atoms with E-state index in [4.69, 9.17) is 22.1 Å². The first-order chi connectivity index (χ1) is 16.0. The number of nitrogens with one attached hydrogen (secondary N) is 1. The average molecular weight is 514 g/mol. The molecule has 12 heteroatoms. The summed E-state index contributed by atoms with van der Waals surface area (Å²) in [6.07, 6.45) is -4.38. The summed E-state index contributed by atoms with van der Waals surface area (Å²) in [4.78, 5) is 28.8. The molecule has 2 amide bonds. The van der Waals surface area contributed by atoms with Crippen molar-refractivity contribution in [3.8, 4) is 11.5 Å². The fourth-order valence-electron chi connectivity index (χ4n) is 2.90. The molecule has 3 rings (SSSR count). The van der Waals surface area contributed by atoms with Crippen molar-refractivity contribution in [2.75, 3.05) is 6.61 Å². The standard InChI is InChI=1S/C22H19ClF3N3O4S/c1-12-2-3-14(23)8-13(12)9-17-20(21(27)31)29-19(34-17)10-28-18(30)11-32-15-4-6-16(7-5-15)33-22(24,25)26/h2-8H,9-11H2,1H3,(H2,27,31)(H,28,30). The number of hydrogen-bond acceptors (Lipinski definition) is 6. The van der Waals surface area contributed by atoms with Crippen LogP contribution in [0.5, 0.6) is 11.5 Å². The van der Waals surface area contributed by atoms with Crippen LogP contribution < -0.4 is 20.5 Å². The zero-order chi connectivity index (χ0) is 24.9. The number of nitrogens with zero attached hydrogens (tertiary/aromatic N) is 1. The first-order valence-electron chi connectivity index (χ1n) is 9.79. The van der Waals surface area contributed by atoms with Crippen LogP contribution in [-0.2, 0) is 17.8 Å². The SMILES string of the molecule is Cc1ccc(Cl)cc1Cc1sc(CNC(=O)COc2ccc(OC(F)(F)F)cc2)nc1C(N)=O. The molecular weight excluding hydrogens is 495 g/mol. The van der Waals surface area contributed by atoms with E-state index in [1.54, 1.807) is 6.07 Å². The predicted octanol–water partition coefficient (Wildman–Crippen LogP) is 4.39. The number of benzene rings is 2. The smallest absolute Gasteiger partial charge is 0.484 e. The van der Waals surface area contributed by atoms with Gasteiger partial charge in [0.1, 0.15) is 22.2 Å². The molecule has 0 saturated heterocycles. The number of ether oxygens (including phenoxy) is 2. The molecule has 1 aromatic heterocycles. The lowest BCUT2D eigenvalue weighted by Crippen LogP contribution is -2.28. The van der Waals surface area contributed by atoms with Gasteiger partial charge in [-0.3, -0.25) is 9.59 Å². The molecule has 0 aliphatic rings. The van der Waals surface area contributed by atoms with Crippen LogP contribution in [-0.4, -0.2) is 29.8 Å². The van der Waals surface area contributed by atoms with E-state index in [0.29, 0.717) is 21.3 Å². The lowest BCUT2D eigenvalue weighted by atomic mass is 10.0. The Hall–Kier alpha value is -3.31. The molecule has 1 heterocycles. The second-order valence-electron chi connectivity index (χ2n) is 7.08. The molecule has 34 heavy (non-hydrogen) atoms. The highest BCUT2D eigenvalue weighted by Crippen LogP contribution is 2.26. The molecule has 0 fully saturated rings. The third kappa shape index (κ3) is 7.35. The van der Waals surface area contributed by atoms with Gasteiger partial charge in [-0.25, -0.2) is 4.98 Å². The normalized spacial score (nSPS) is 11.2. The molecule has 7 nitrogen and oxygen atoms in total. The Morgan fingerprint density at radius 3 is 2.47 bits per heavy atom. The van der Waals surface area contributed by atoms with E-state index < -0.39 is 23.9 Å². The zero-order valence-electron chi connectivity index (χ0n) is 17.7. The van der Waals surface area contributed by atoms with Crippen molar-refractivity contribution in [3.63, 3.8) is 0 Å². The summed E-state index contributed by atoms with van der Waals surface area (Å²) in [6.45, 7) is 1.59. The summed E-state index contributed by atoms with van der Waals surface area (Å²) in [7, 11) is 0. The van der Waals surface area contributed by atoms with Crippen LogP contribution in [0.1, 0.15) is 31.5 Å². The van der Waals surface area contributed by atoms with Gasteiger partial charge in [0.25, 0.3) is 11.8 Å². The molecule has 0 radical (unpaired) electrons. The molecule has 3 N–H and O–H groups in total. The van der Waals surface area contributed by atoms with E-state index in [0.717, 1.165) is 23.3 Å². The van der Waals surface area contributed by atoms with Crippen LogP contribution in [0.2, 0.25) is 5.02 Å². The Kier molecular flexibility index (Phi) is 8.00. The van der Waals surface area contributed by atoms with E-state index in [9.17, 15) is 22.8 Å². The van der Waals surface area contributed by atoms with E-state index in [1.807, 2.05) is 19.1 Å². The summed E-state index contributed by atoms with van der Waals surface area (Å²) in [5.41, 5.74) is 7.52. The van der Waals surface area contributed by atoms with Crippen molar-refractivity contribution in [2.24, 2.45) is 5.73 Å². The van der Waals surface area contributed by atoms with Gasteiger partial charge in [0.2, 0.25) is 0 Å². The molecule has 180 valence electrons. The molecular formula is C22H19ClF3N3O4S. The van der Waals surface area contributed by atoms with Gasteiger partial charge in [0.15, 0.2) is 6.61 Å². The number of amides is 2. The van der Waals surface area contributed by atoms with Gasteiger partial charge in [-0.1, -0.05) is 17.7 Å². The van der Waals surface area contributed by atoms with Crippen LogP contribution in [0.3, 0.4) is 0 Å². The van der Waals surface area contributed by atoms with E-state index in [-0.39, 0.29) is 24.6 Å². The van der Waals surface area contributed by atoms with Crippen LogP contribution in [0.4, 0.5) is 13.2 Å². The molecule has 0 aliphatic heterocycles. The first kappa shape index (κ1) is 25.3. The Morgan fingerprint density at radius 1 is 1.15 bits per heavy atom. The maximum Gasteiger partial charge on any atom is 0.573 e. The maximum absolute atomic E-state index is 12.2. The fourth-order valence-corrected chi connectivity index (χ4v) is 4.13. The van der Waals surface area contributed by atoms with Gasteiger partial charge in [0.05, 0.1) is 6.54 Å². The number of thiazole rings is 1. The Morgan fingerprint density at radius 2 is 1.82 bits per heavy atom. The highest BCUT2D eigenvalue weighted by atomic mass is 35.5. The summed E-state index contributed by atoms with van der Waals surface area (Å²) < 4.78 is 45.6. The number of halogens is 4. The Balaban J connectivity index is 1.56. The largest absolute Gasteiger partial charge is 0.573 e. The number of aromatic nitrogens is 1. The van der Waals surface area contributed by atoms with E-state index in [2.05, 4.69) is 15.0 Å². The number of alkyl halides is 3. The lowest BCUT2D eigenvalue weighted by Gasteiger charge is -2.10. The van der Waals surface area contributed by atoms with Crippen LogP contribution in [0.25, 0.3) is 0 Å². The third-order valence-electron chi connectivity index (χ3n) is 4.50. The van der Waals surface area contributed by atoms with Crippen molar-refractivity contribution in [1.29, 1.82) is 0 Å². The second kappa shape index (κ2) is 10.7. The predicted molar refractivity (Wildman–Crippen MR) is 120 cm³/mol. The average Bonchev–Trinajstić information content (AvgIpc) is 3.16. The van der Waals surface area contributed by atoms with Crippen molar-refractivity contribution in [2.45, 2.75) is 26.3 Å². The van der Waals surface area contributed by atoms with Gasteiger partial charge in [0, 0.05) is 16.3 Å². The summed E-state index contributed by atoms with van der Waals surface area (Å²) in [5.74, 6) is -1.38. The fraction of sp³-hybridized carbons (Fsp3) is 0.227.